The van der Waals surface area contributed by atoms with Crippen LogP contribution in [-0.4, -0.2) is 88.7 Å². The second-order valence-electron chi connectivity index (χ2n) is 7.83. The van der Waals surface area contributed by atoms with Crippen LogP contribution in [0.5, 0.6) is 0 Å². The van der Waals surface area contributed by atoms with Gasteiger partial charge in [0.2, 0.25) is 10.0 Å². The van der Waals surface area contributed by atoms with Gasteiger partial charge >= 0.3 is 35.8 Å². The van der Waals surface area contributed by atoms with Gasteiger partial charge in [-0.3, -0.25) is 0 Å². The second kappa shape index (κ2) is 10.4. The Hall–Kier alpha value is -0.310. The quantitative estimate of drug-likeness (QED) is 0.149. The summed E-state index contributed by atoms with van der Waals surface area (Å²) in [5.41, 5.74) is 0. The van der Waals surface area contributed by atoms with Crippen molar-refractivity contribution in [3.05, 3.63) is 0 Å². The van der Waals surface area contributed by atoms with Crippen LogP contribution in [0.4, 0.5) is 57.1 Å². The molecule has 1 N–H and O–H groups in total. The molecule has 0 rings (SSSR count). The van der Waals surface area contributed by atoms with E-state index in [0.717, 1.165) is 0 Å². The lowest BCUT2D eigenvalue weighted by Crippen LogP contribution is -3.00. The van der Waals surface area contributed by atoms with Crippen LogP contribution in [-0.2, 0) is 10.0 Å². The maximum Gasteiger partial charge on any atom is 0.460 e. The lowest BCUT2D eigenvalue weighted by atomic mass is 9.93. The number of halogens is 14. The summed E-state index contributed by atoms with van der Waals surface area (Å²) in [7, 11) is 0.213. The number of sulfonamides is 1. The zero-order valence-corrected chi connectivity index (χ0v) is 20.0. The molecule has 202 valence electrons. The zero-order chi connectivity index (χ0) is 26.2. The summed E-state index contributed by atoms with van der Waals surface area (Å²) >= 11 is 0. The van der Waals surface area contributed by atoms with Gasteiger partial charge in [-0.25, -0.2) is 13.1 Å². The monoisotopic (exact) mass is 654 g/mol. The molecule has 0 spiro atoms. The first kappa shape index (κ1) is 34.9. The summed E-state index contributed by atoms with van der Waals surface area (Å²) in [6.45, 7) is -0.0721. The average Bonchev–Trinajstić information content (AvgIpc) is 2.54. The van der Waals surface area contributed by atoms with Crippen molar-refractivity contribution < 1.29 is 94.0 Å². The van der Waals surface area contributed by atoms with E-state index in [4.69, 9.17) is 0 Å². The Morgan fingerprint density at radius 3 is 1.45 bits per heavy atom. The fourth-order valence-electron chi connectivity index (χ4n) is 2.07. The molecule has 0 aliphatic rings. The highest BCUT2D eigenvalue weighted by atomic mass is 127. The number of nitrogens with one attached hydrogen (secondary N) is 1. The van der Waals surface area contributed by atoms with Crippen LogP contribution in [0.1, 0.15) is 12.8 Å². The first-order chi connectivity index (χ1) is 13.7. The zero-order valence-electron chi connectivity index (χ0n) is 17.0. The van der Waals surface area contributed by atoms with Gasteiger partial charge in [0.15, 0.2) is 0 Å². The number of hydrogen-bond acceptors (Lipinski definition) is 2. The Balaban J connectivity index is 0. The normalized spacial score (nSPS) is 15.4. The third kappa shape index (κ3) is 7.58. The molecule has 4 nitrogen and oxygen atoms in total. The maximum absolute atomic E-state index is 13.6. The summed E-state index contributed by atoms with van der Waals surface area (Å²) in [6, 6.07) is 0. The summed E-state index contributed by atoms with van der Waals surface area (Å²) in [5, 5.41) is 0. The Labute approximate surface area is 197 Å². The Kier molecular flexibility index (Phi) is 10.9. The average molecular weight is 654 g/mol. The number of alkyl halides is 13. The molecule has 0 amide bonds. The van der Waals surface area contributed by atoms with E-state index in [-0.39, 0.29) is 30.4 Å². The predicted molar refractivity (Wildman–Crippen MR) is 84.7 cm³/mol. The summed E-state index contributed by atoms with van der Waals surface area (Å²) in [4.78, 5) is 0. The maximum atomic E-state index is 13.6. The van der Waals surface area contributed by atoms with Gasteiger partial charge in [0, 0.05) is 19.4 Å². The fraction of sp³-hybridized carbons (Fsp3) is 1.00. The minimum atomic E-state index is -8.01. The van der Waals surface area contributed by atoms with Crippen LogP contribution in [0.2, 0.25) is 0 Å². The van der Waals surface area contributed by atoms with Crippen molar-refractivity contribution in [2.24, 2.45) is 0 Å². The topological polar surface area (TPSA) is 46.2 Å². The van der Waals surface area contributed by atoms with Crippen molar-refractivity contribution in [2.75, 3.05) is 40.0 Å². The van der Waals surface area contributed by atoms with E-state index >= 15 is 0 Å². The molecule has 0 saturated heterocycles. The van der Waals surface area contributed by atoms with Crippen LogP contribution in [0.25, 0.3) is 0 Å². The predicted octanol–water partition coefficient (Wildman–Crippen LogP) is 1.14. The Morgan fingerprint density at radius 2 is 1.09 bits per heavy atom. The van der Waals surface area contributed by atoms with E-state index < -0.39 is 64.5 Å². The summed E-state index contributed by atoms with van der Waals surface area (Å²) < 4.78 is 194. The molecule has 0 radical (unpaired) electrons. The van der Waals surface area contributed by atoms with Gasteiger partial charge in [-0.2, -0.15) is 57.1 Å². The first-order valence-corrected chi connectivity index (χ1v) is 10.1. The Morgan fingerprint density at radius 1 is 0.697 bits per heavy atom. The van der Waals surface area contributed by atoms with Gasteiger partial charge in [0.25, 0.3) is 0 Å². The van der Waals surface area contributed by atoms with E-state index in [1.807, 2.05) is 0 Å². The number of nitrogens with zero attached hydrogens (tertiary/aromatic N) is 1. The highest BCUT2D eigenvalue weighted by Gasteiger charge is 2.90. The summed E-state index contributed by atoms with van der Waals surface area (Å²) in [5.74, 6) is -39.7. The van der Waals surface area contributed by atoms with Crippen molar-refractivity contribution in [1.29, 1.82) is 0 Å². The molecule has 0 aromatic heterocycles. The second-order valence-corrected chi connectivity index (χ2v) is 9.76. The van der Waals surface area contributed by atoms with Crippen LogP contribution < -0.4 is 28.7 Å². The van der Waals surface area contributed by atoms with Gasteiger partial charge in [0.05, 0.1) is 33.4 Å². The van der Waals surface area contributed by atoms with Crippen molar-refractivity contribution in [3.8, 4) is 0 Å². The molecule has 0 fully saturated rings. The van der Waals surface area contributed by atoms with Crippen LogP contribution >= 0.6 is 0 Å². The fourth-order valence-corrected chi connectivity index (χ4v) is 3.20. The molecule has 0 aliphatic carbocycles. The van der Waals surface area contributed by atoms with Gasteiger partial charge in [-0.05, 0) is 0 Å². The lowest BCUT2D eigenvalue weighted by molar-refractivity contribution is -0.870. The lowest BCUT2D eigenvalue weighted by Gasteiger charge is -2.39. The molecule has 0 aliphatic heterocycles. The van der Waals surface area contributed by atoms with E-state index in [9.17, 15) is 65.5 Å². The largest absolute Gasteiger partial charge is 1.00 e. The molecular weight excluding hydrogens is 634 g/mol. The molecule has 0 aromatic carbocycles. The number of rotatable bonds is 12. The van der Waals surface area contributed by atoms with Gasteiger partial charge in [0.1, 0.15) is 0 Å². The molecule has 0 bridgehead atoms. The molecule has 0 aromatic rings. The van der Waals surface area contributed by atoms with Crippen molar-refractivity contribution in [3.63, 3.8) is 0 Å². The molecule has 0 saturated carbocycles. The van der Waals surface area contributed by atoms with E-state index in [2.05, 4.69) is 0 Å². The van der Waals surface area contributed by atoms with Crippen molar-refractivity contribution in [2.45, 2.75) is 48.6 Å². The van der Waals surface area contributed by atoms with Crippen LogP contribution in [0, 0.1) is 0 Å². The highest BCUT2D eigenvalue weighted by Crippen LogP contribution is 2.60. The molecule has 19 heteroatoms. The minimum absolute atomic E-state index is 0. The number of quaternary nitrogens is 1. The van der Waals surface area contributed by atoms with E-state index in [1.165, 1.54) is 0 Å². The smallest absolute Gasteiger partial charge is 0.460 e. The van der Waals surface area contributed by atoms with Crippen molar-refractivity contribution >= 4 is 10.0 Å². The van der Waals surface area contributed by atoms with Gasteiger partial charge in [-0.15, -0.1) is 0 Å². The van der Waals surface area contributed by atoms with E-state index in [1.54, 1.807) is 25.9 Å². The third-order valence-electron chi connectivity index (χ3n) is 4.01. The Bertz CT molecular complexity index is 749. The van der Waals surface area contributed by atoms with Crippen LogP contribution in [0.3, 0.4) is 0 Å². The number of hydrogen-bond donors (Lipinski definition) is 1. The minimum Gasteiger partial charge on any atom is -1.00 e. The molecular formula is C14H20F13IN2O2S. The molecule has 0 heterocycles. The molecule has 33 heavy (non-hydrogen) atoms. The summed E-state index contributed by atoms with van der Waals surface area (Å²) in [6.07, 6.45) is -10.2. The van der Waals surface area contributed by atoms with E-state index in [0.29, 0.717) is 11.0 Å². The molecule has 0 unspecified atom stereocenters. The van der Waals surface area contributed by atoms with Crippen LogP contribution in [0.15, 0.2) is 0 Å². The first-order valence-electron chi connectivity index (χ1n) is 8.40. The highest BCUT2D eigenvalue weighted by molar-refractivity contribution is 7.89. The van der Waals surface area contributed by atoms with Gasteiger partial charge in [-0.1, -0.05) is 0 Å². The van der Waals surface area contributed by atoms with Gasteiger partial charge < -0.3 is 28.5 Å². The van der Waals surface area contributed by atoms with Crippen molar-refractivity contribution in [1.82, 2.24) is 4.72 Å². The third-order valence-corrected chi connectivity index (χ3v) is 5.40. The SMILES string of the molecule is C[N+](C)(C)CCCNS(=O)(=O)CCC(F)(F)C(F)(F)C(F)(F)C(F)(F)C(F)(F)C(F)(F)F.[I-]. The standard InChI is InChI=1S/C14H20F13N2O2S.HI/c1-29(2,3)7-4-6-28-32(30,31)8-5-9(15,16)10(17,18)11(19,20)12(21,22)13(23,24)14(25,26)27;/h28H,4-8H2,1-3H3;1H/q+1;/p-1. The molecule has 0 atom stereocenters.